The predicted molar refractivity (Wildman–Crippen MR) is 83.4 cm³/mol. The van der Waals surface area contributed by atoms with Gasteiger partial charge in [-0.2, -0.15) is 0 Å². The molecule has 0 aliphatic heterocycles. The molecule has 0 aliphatic carbocycles. The monoisotopic (exact) mass is 262 g/mol. The molecule has 0 aliphatic rings. The van der Waals surface area contributed by atoms with E-state index >= 15 is 0 Å². The van der Waals surface area contributed by atoms with Gasteiger partial charge in [0.1, 0.15) is 0 Å². The van der Waals surface area contributed by atoms with E-state index in [2.05, 4.69) is 65.8 Å². The summed E-state index contributed by atoms with van der Waals surface area (Å²) in [6, 6.07) is 21.2. The Balaban J connectivity index is 1.77. The molecule has 0 fully saturated rings. The zero-order valence-electron chi connectivity index (χ0n) is 11.6. The Morgan fingerprint density at radius 2 is 1.75 bits per heavy atom. The van der Waals surface area contributed by atoms with Crippen LogP contribution in [0.5, 0.6) is 0 Å². The molecule has 2 nitrogen and oxygen atoms in total. The SMILES string of the molecule is C[C@@H](NCc1cccc2cccnc12)c1ccccc1. The van der Waals surface area contributed by atoms with Gasteiger partial charge in [0.05, 0.1) is 5.52 Å². The number of hydrogen-bond acceptors (Lipinski definition) is 2. The minimum absolute atomic E-state index is 0.329. The zero-order chi connectivity index (χ0) is 13.8. The van der Waals surface area contributed by atoms with Crippen molar-refractivity contribution in [3.8, 4) is 0 Å². The second kappa shape index (κ2) is 5.85. The fourth-order valence-corrected chi connectivity index (χ4v) is 2.43. The number of nitrogens with zero attached hydrogens (tertiary/aromatic N) is 1. The molecule has 0 bridgehead atoms. The van der Waals surface area contributed by atoms with Crippen LogP contribution in [-0.2, 0) is 6.54 Å². The van der Waals surface area contributed by atoms with Gasteiger partial charge in [-0.1, -0.05) is 54.6 Å². The normalized spacial score (nSPS) is 12.4. The molecule has 1 N–H and O–H groups in total. The maximum Gasteiger partial charge on any atom is 0.0746 e. The van der Waals surface area contributed by atoms with E-state index in [1.54, 1.807) is 0 Å². The molecular weight excluding hydrogens is 244 g/mol. The van der Waals surface area contributed by atoms with Gasteiger partial charge in [-0.05, 0) is 24.1 Å². The maximum atomic E-state index is 4.49. The van der Waals surface area contributed by atoms with E-state index < -0.39 is 0 Å². The highest BCUT2D eigenvalue weighted by Gasteiger charge is 2.06. The Morgan fingerprint density at radius 3 is 2.60 bits per heavy atom. The molecule has 0 saturated carbocycles. The molecule has 2 heteroatoms. The third kappa shape index (κ3) is 2.70. The van der Waals surface area contributed by atoms with Crippen LogP contribution in [0.15, 0.2) is 66.9 Å². The Kier molecular flexibility index (Phi) is 3.75. The fourth-order valence-electron chi connectivity index (χ4n) is 2.43. The van der Waals surface area contributed by atoms with Crippen LogP contribution in [0.4, 0.5) is 0 Å². The number of para-hydroxylation sites is 1. The first-order chi connectivity index (χ1) is 9.84. The molecular formula is C18H18N2. The first kappa shape index (κ1) is 12.8. The second-order valence-corrected chi connectivity index (χ2v) is 5.01. The molecule has 0 unspecified atom stereocenters. The summed E-state index contributed by atoms with van der Waals surface area (Å²) in [7, 11) is 0. The summed E-state index contributed by atoms with van der Waals surface area (Å²) in [4.78, 5) is 4.49. The van der Waals surface area contributed by atoms with Crippen LogP contribution in [0.25, 0.3) is 10.9 Å². The molecule has 3 aromatic rings. The third-order valence-electron chi connectivity index (χ3n) is 3.61. The average Bonchev–Trinajstić information content (AvgIpc) is 2.53. The zero-order valence-corrected chi connectivity index (χ0v) is 11.6. The molecule has 0 amide bonds. The van der Waals surface area contributed by atoms with Gasteiger partial charge in [0.25, 0.3) is 0 Å². The maximum absolute atomic E-state index is 4.49. The summed E-state index contributed by atoms with van der Waals surface area (Å²) >= 11 is 0. The van der Waals surface area contributed by atoms with Gasteiger partial charge in [-0.15, -0.1) is 0 Å². The Hall–Kier alpha value is -2.19. The lowest BCUT2D eigenvalue weighted by Crippen LogP contribution is -2.18. The van der Waals surface area contributed by atoms with Crippen molar-refractivity contribution in [3.05, 3.63) is 78.0 Å². The van der Waals surface area contributed by atoms with E-state index in [1.807, 2.05) is 18.3 Å². The minimum Gasteiger partial charge on any atom is -0.306 e. The highest BCUT2D eigenvalue weighted by molar-refractivity contribution is 5.81. The molecule has 0 radical (unpaired) electrons. The van der Waals surface area contributed by atoms with Crippen LogP contribution in [0.2, 0.25) is 0 Å². The lowest BCUT2D eigenvalue weighted by molar-refractivity contribution is 0.576. The topological polar surface area (TPSA) is 24.9 Å². The van der Waals surface area contributed by atoms with Crippen LogP contribution in [-0.4, -0.2) is 4.98 Å². The van der Waals surface area contributed by atoms with Gasteiger partial charge < -0.3 is 5.32 Å². The summed E-state index contributed by atoms with van der Waals surface area (Å²) in [5, 5.41) is 4.76. The molecule has 1 heterocycles. The van der Waals surface area contributed by atoms with Crippen molar-refractivity contribution in [2.45, 2.75) is 19.5 Å². The Bertz CT molecular complexity index is 687. The van der Waals surface area contributed by atoms with Gasteiger partial charge in [0.2, 0.25) is 0 Å². The summed E-state index contributed by atoms with van der Waals surface area (Å²) in [6.07, 6.45) is 1.85. The van der Waals surface area contributed by atoms with Crippen LogP contribution >= 0.6 is 0 Å². The molecule has 1 atom stereocenters. The largest absolute Gasteiger partial charge is 0.306 e. The van der Waals surface area contributed by atoms with E-state index in [4.69, 9.17) is 0 Å². The molecule has 0 saturated heterocycles. The smallest absolute Gasteiger partial charge is 0.0746 e. The molecule has 3 rings (SSSR count). The first-order valence-electron chi connectivity index (χ1n) is 6.95. The van der Waals surface area contributed by atoms with Crippen LogP contribution in [0, 0.1) is 0 Å². The van der Waals surface area contributed by atoms with Crippen molar-refractivity contribution in [2.24, 2.45) is 0 Å². The van der Waals surface area contributed by atoms with Crippen molar-refractivity contribution >= 4 is 10.9 Å². The number of aromatic nitrogens is 1. The number of pyridine rings is 1. The summed E-state index contributed by atoms with van der Waals surface area (Å²) in [5.74, 6) is 0. The van der Waals surface area contributed by atoms with Crippen molar-refractivity contribution in [3.63, 3.8) is 0 Å². The summed E-state index contributed by atoms with van der Waals surface area (Å²) in [6.45, 7) is 3.01. The van der Waals surface area contributed by atoms with E-state index in [1.165, 1.54) is 16.5 Å². The molecule has 0 spiro atoms. The Labute approximate surface area is 119 Å². The van der Waals surface area contributed by atoms with Gasteiger partial charge in [0.15, 0.2) is 0 Å². The molecule has 2 aromatic carbocycles. The van der Waals surface area contributed by atoms with Crippen molar-refractivity contribution < 1.29 is 0 Å². The van der Waals surface area contributed by atoms with Crippen LogP contribution in [0.3, 0.4) is 0 Å². The van der Waals surface area contributed by atoms with Gasteiger partial charge >= 0.3 is 0 Å². The number of rotatable bonds is 4. The lowest BCUT2D eigenvalue weighted by atomic mass is 10.1. The molecule has 100 valence electrons. The van der Waals surface area contributed by atoms with Crippen molar-refractivity contribution in [1.29, 1.82) is 0 Å². The van der Waals surface area contributed by atoms with Crippen molar-refractivity contribution in [2.75, 3.05) is 0 Å². The molecule has 1 aromatic heterocycles. The first-order valence-corrected chi connectivity index (χ1v) is 6.95. The van der Waals surface area contributed by atoms with Crippen LogP contribution < -0.4 is 5.32 Å². The standard InChI is InChI=1S/C18H18N2/c1-14(15-7-3-2-4-8-15)20-13-17-10-5-9-16-11-6-12-19-18(16)17/h2-12,14,20H,13H2,1H3/t14-/m1/s1. The van der Waals surface area contributed by atoms with E-state index in [9.17, 15) is 0 Å². The van der Waals surface area contributed by atoms with E-state index in [-0.39, 0.29) is 0 Å². The highest BCUT2D eigenvalue weighted by atomic mass is 14.9. The van der Waals surface area contributed by atoms with Gasteiger partial charge in [0, 0.05) is 24.2 Å². The number of nitrogens with one attached hydrogen (secondary N) is 1. The number of fused-ring (bicyclic) bond motifs is 1. The van der Waals surface area contributed by atoms with Gasteiger partial charge in [-0.25, -0.2) is 0 Å². The predicted octanol–water partition coefficient (Wildman–Crippen LogP) is 4.09. The highest BCUT2D eigenvalue weighted by Crippen LogP contribution is 2.17. The fraction of sp³-hybridized carbons (Fsp3) is 0.167. The minimum atomic E-state index is 0.329. The second-order valence-electron chi connectivity index (χ2n) is 5.01. The summed E-state index contributed by atoms with van der Waals surface area (Å²) < 4.78 is 0. The van der Waals surface area contributed by atoms with Crippen molar-refractivity contribution in [1.82, 2.24) is 10.3 Å². The van der Waals surface area contributed by atoms with Gasteiger partial charge in [-0.3, -0.25) is 4.98 Å². The number of hydrogen-bond donors (Lipinski definition) is 1. The molecule has 20 heavy (non-hydrogen) atoms. The van der Waals surface area contributed by atoms with E-state index in [0.29, 0.717) is 6.04 Å². The lowest BCUT2D eigenvalue weighted by Gasteiger charge is -2.15. The quantitative estimate of drug-likeness (QED) is 0.766. The Morgan fingerprint density at radius 1 is 0.950 bits per heavy atom. The summed E-state index contributed by atoms with van der Waals surface area (Å²) in [5.41, 5.74) is 3.63. The number of benzene rings is 2. The average molecular weight is 262 g/mol. The third-order valence-corrected chi connectivity index (χ3v) is 3.61. The van der Waals surface area contributed by atoms with E-state index in [0.717, 1.165) is 12.1 Å². The van der Waals surface area contributed by atoms with Crippen LogP contribution in [0.1, 0.15) is 24.1 Å².